The second-order valence-corrected chi connectivity index (χ2v) is 5.27. The maximum Gasteiger partial charge on any atom is 0.226 e. The third-order valence-corrected chi connectivity index (χ3v) is 3.42. The van der Waals surface area contributed by atoms with E-state index in [1.165, 1.54) is 5.56 Å². The number of hydrogen-bond acceptors (Lipinski definition) is 5. The third kappa shape index (κ3) is 4.31. The number of benzene rings is 1. The van der Waals surface area contributed by atoms with Crippen LogP contribution in [0.2, 0.25) is 5.02 Å². The molecule has 0 aliphatic carbocycles. The number of nitrogens with one attached hydrogen (secondary N) is 1. The predicted octanol–water partition coefficient (Wildman–Crippen LogP) is 2.85. The van der Waals surface area contributed by atoms with Crippen molar-refractivity contribution in [2.45, 2.75) is 6.04 Å². The van der Waals surface area contributed by atoms with Gasteiger partial charge >= 0.3 is 0 Å². The second-order valence-electron chi connectivity index (χ2n) is 4.83. The molecule has 5 nitrogen and oxygen atoms in total. The van der Waals surface area contributed by atoms with Crippen LogP contribution in [0.4, 0.5) is 5.95 Å². The van der Waals surface area contributed by atoms with E-state index in [1.54, 1.807) is 19.4 Å². The Balaban J connectivity index is 2.08. The van der Waals surface area contributed by atoms with Crippen molar-refractivity contribution < 1.29 is 4.74 Å². The summed E-state index contributed by atoms with van der Waals surface area (Å²) in [6.45, 7) is 0.682. The Morgan fingerprint density at radius 2 is 1.95 bits per heavy atom. The molecule has 1 atom stereocenters. The lowest BCUT2D eigenvalue weighted by Gasteiger charge is -2.25. The van der Waals surface area contributed by atoms with Crippen molar-refractivity contribution in [3.05, 3.63) is 47.1 Å². The van der Waals surface area contributed by atoms with Crippen molar-refractivity contribution in [1.82, 2.24) is 14.9 Å². The van der Waals surface area contributed by atoms with E-state index in [2.05, 4.69) is 20.2 Å². The molecule has 1 heterocycles. The molecule has 1 aromatic heterocycles. The zero-order valence-electron chi connectivity index (χ0n) is 12.4. The van der Waals surface area contributed by atoms with E-state index in [0.29, 0.717) is 18.4 Å². The van der Waals surface area contributed by atoms with Crippen LogP contribution < -0.4 is 10.1 Å². The van der Waals surface area contributed by atoms with Crippen LogP contribution in [-0.2, 0) is 0 Å². The van der Waals surface area contributed by atoms with E-state index < -0.39 is 0 Å². The van der Waals surface area contributed by atoms with Crippen molar-refractivity contribution in [2.75, 3.05) is 33.1 Å². The largest absolute Gasteiger partial charge is 0.481 e. The first-order valence-electron chi connectivity index (χ1n) is 6.63. The Bertz CT molecular complexity index is 574. The highest BCUT2D eigenvalue weighted by atomic mass is 35.5. The van der Waals surface area contributed by atoms with Crippen LogP contribution in [0.15, 0.2) is 36.5 Å². The van der Waals surface area contributed by atoms with E-state index >= 15 is 0 Å². The number of nitrogens with zero attached hydrogens (tertiary/aromatic N) is 3. The van der Waals surface area contributed by atoms with Crippen LogP contribution in [0.3, 0.4) is 0 Å². The first-order valence-corrected chi connectivity index (χ1v) is 7.00. The third-order valence-electron chi connectivity index (χ3n) is 3.17. The number of likely N-dealkylation sites (N-methyl/N-ethyl adjacent to an activating group) is 1. The molecule has 0 aliphatic rings. The average Bonchev–Trinajstić information content (AvgIpc) is 2.49. The number of aromatic nitrogens is 2. The molecule has 2 rings (SSSR count). The Morgan fingerprint density at radius 3 is 2.57 bits per heavy atom. The minimum Gasteiger partial charge on any atom is -0.481 e. The fourth-order valence-electron chi connectivity index (χ4n) is 2.01. The highest BCUT2D eigenvalue weighted by molar-refractivity contribution is 6.30. The van der Waals surface area contributed by atoms with E-state index in [1.807, 2.05) is 38.4 Å². The molecular weight excluding hydrogens is 288 g/mol. The molecule has 1 N–H and O–H groups in total. The summed E-state index contributed by atoms with van der Waals surface area (Å²) in [5.41, 5.74) is 1.18. The van der Waals surface area contributed by atoms with E-state index in [0.717, 1.165) is 5.02 Å². The molecule has 0 saturated heterocycles. The van der Waals surface area contributed by atoms with Gasteiger partial charge in [0.25, 0.3) is 0 Å². The van der Waals surface area contributed by atoms with E-state index in [-0.39, 0.29) is 6.04 Å². The smallest absolute Gasteiger partial charge is 0.226 e. The molecule has 21 heavy (non-hydrogen) atoms. The van der Waals surface area contributed by atoms with Crippen LogP contribution in [-0.4, -0.2) is 42.6 Å². The average molecular weight is 307 g/mol. The van der Waals surface area contributed by atoms with Gasteiger partial charge in [-0.2, -0.15) is 4.98 Å². The summed E-state index contributed by atoms with van der Waals surface area (Å²) in [5, 5.41) is 3.97. The summed E-state index contributed by atoms with van der Waals surface area (Å²) in [5.74, 6) is 1.09. The van der Waals surface area contributed by atoms with E-state index in [9.17, 15) is 0 Å². The van der Waals surface area contributed by atoms with Gasteiger partial charge in [0, 0.05) is 23.8 Å². The zero-order valence-corrected chi connectivity index (χ0v) is 13.1. The van der Waals surface area contributed by atoms with Gasteiger partial charge in [0.2, 0.25) is 11.8 Å². The van der Waals surface area contributed by atoms with Crippen LogP contribution in [0, 0.1) is 0 Å². The predicted molar refractivity (Wildman–Crippen MR) is 85.0 cm³/mol. The van der Waals surface area contributed by atoms with Crippen LogP contribution in [0.5, 0.6) is 5.88 Å². The quantitative estimate of drug-likeness (QED) is 0.889. The summed E-state index contributed by atoms with van der Waals surface area (Å²) in [7, 11) is 5.66. The summed E-state index contributed by atoms with van der Waals surface area (Å²) in [6, 6.07) is 9.76. The zero-order chi connectivity index (χ0) is 15.2. The normalized spacial score (nSPS) is 12.2. The number of halogens is 1. The molecular formula is C15H19ClN4O. The highest BCUT2D eigenvalue weighted by Gasteiger charge is 2.14. The van der Waals surface area contributed by atoms with Gasteiger partial charge in [-0.05, 0) is 31.8 Å². The molecule has 1 aromatic carbocycles. The van der Waals surface area contributed by atoms with E-state index in [4.69, 9.17) is 16.3 Å². The standard InChI is InChI=1S/C15H19ClN4O/c1-20(2)13(11-4-6-12(16)7-5-11)10-18-15-17-9-8-14(19-15)21-3/h4-9,13H,10H2,1-3H3,(H,17,18,19). The number of rotatable bonds is 6. The Kier molecular flexibility index (Phi) is 5.36. The lowest BCUT2D eigenvalue weighted by molar-refractivity contribution is 0.311. The molecule has 112 valence electrons. The molecule has 0 bridgehead atoms. The molecule has 1 unspecified atom stereocenters. The maximum absolute atomic E-state index is 5.94. The van der Waals surface area contributed by atoms with Gasteiger partial charge in [-0.15, -0.1) is 0 Å². The highest BCUT2D eigenvalue weighted by Crippen LogP contribution is 2.21. The van der Waals surface area contributed by atoms with Gasteiger partial charge in [-0.1, -0.05) is 23.7 Å². The minimum absolute atomic E-state index is 0.192. The number of ether oxygens (including phenoxy) is 1. The van der Waals surface area contributed by atoms with Crippen molar-refractivity contribution in [1.29, 1.82) is 0 Å². The monoisotopic (exact) mass is 306 g/mol. The van der Waals surface area contributed by atoms with Gasteiger partial charge in [0.1, 0.15) is 0 Å². The molecule has 6 heteroatoms. The summed E-state index contributed by atoms with van der Waals surface area (Å²) < 4.78 is 5.09. The van der Waals surface area contributed by atoms with Crippen LogP contribution in [0.1, 0.15) is 11.6 Å². The summed E-state index contributed by atoms with van der Waals surface area (Å²) in [4.78, 5) is 10.6. The molecule has 0 saturated carbocycles. The van der Waals surface area contributed by atoms with Gasteiger partial charge in [-0.25, -0.2) is 4.98 Å². The van der Waals surface area contributed by atoms with Crippen molar-refractivity contribution >= 4 is 17.5 Å². The fraction of sp³-hybridized carbons (Fsp3) is 0.333. The molecule has 0 aliphatic heterocycles. The first-order chi connectivity index (χ1) is 10.1. The number of methoxy groups -OCH3 is 1. The SMILES string of the molecule is COc1ccnc(NCC(c2ccc(Cl)cc2)N(C)C)n1. The van der Waals surface area contributed by atoms with Gasteiger partial charge in [0.05, 0.1) is 13.2 Å². The molecule has 0 fully saturated rings. The van der Waals surface area contributed by atoms with Crippen LogP contribution >= 0.6 is 11.6 Å². The second kappa shape index (κ2) is 7.24. The Labute approximate surface area is 129 Å². The fourth-order valence-corrected chi connectivity index (χ4v) is 2.14. The maximum atomic E-state index is 5.94. The van der Waals surface area contributed by atoms with Crippen molar-refractivity contribution in [3.63, 3.8) is 0 Å². The number of hydrogen-bond donors (Lipinski definition) is 1. The first kappa shape index (κ1) is 15.5. The molecule has 2 aromatic rings. The molecule has 0 radical (unpaired) electrons. The Hall–Kier alpha value is -1.85. The Morgan fingerprint density at radius 1 is 1.24 bits per heavy atom. The number of anilines is 1. The van der Waals surface area contributed by atoms with Crippen LogP contribution in [0.25, 0.3) is 0 Å². The lowest BCUT2D eigenvalue weighted by Crippen LogP contribution is -2.27. The summed E-state index contributed by atoms with van der Waals surface area (Å²) >= 11 is 5.94. The van der Waals surface area contributed by atoms with Gasteiger partial charge in [0.15, 0.2) is 0 Å². The minimum atomic E-state index is 0.192. The lowest BCUT2D eigenvalue weighted by atomic mass is 10.1. The topological polar surface area (TPSA) is 50.3 Å². The van der Waals surface area contributed by atoms with Crippen molar-refractivity contribution in [3.8, 4) is 5.88 Å². The van der Waals surface area contributed by atoms with Gasteiger partial charge < -0.3 is 15.0 Å². The summed E-state index contributed by atoms with van der Waals surface area (Å²) in [6.07, 6.45) is 1.67. The van der Waals surface area contributed by atoms with Crippen molar-refractivity contribution in [2.24, 2.45) is 0 Å². The van der Waals surface area contributed by atoms with Gasteiger partial charge in [-0.3, -0.25) is 0 Å². The molecule has 0 amide bonds. The molecule has 0 spiro atoms.